The highest BCUT2D eigenvalue weighted by Crippen LogP contribution is 2.40. The van der Waals surface area contributed by atoms with Crippen LogP contribution in [0.3, 0.4) is 0 Å². The Morgan fingerprint density at radius 2 is 1.79 bits per heavy atom. The lowest BCUT2D eigenvalue weighted by atomic mass is 10.2. The monoisotopic (exact) mass is 275 g/mol. The first-order valence-electron chi connectivity index (χ1n) is 6.84. The van der Waals surface area contributed by atoms with Gasteiger partial charge in [0.2, 0.25) is 0 Å². The molecule has 1 aromatic heterocycles. The van der Waals surface area contributed by atoms with Gasteiger partial charge in [-0.3, -0.25) is 0 Å². The molecule has 0 saturated carbocycles. The largest absolute Gasteiger partial charge is 0.497 e. The van der Waals surface area contributed by atoms with Crippen LogP contribution in [0.2, 0.25) is 18.1 Å². The zero-order chi connectivity index (χ0) is 14.4. The summed E-state index contributed by atoms with van der Waals surface area (Å²) in [4.78, 5) is 0. The van der Waals surface area contributed by atoms with Crippen molar-refractivity contribution in [2.75, 3.05) is 7.11 Å². The maximum atomic E-state index is 5.34. The molecule has 0 bridgehead atoms. The lowest BCUT2D eigenvalue weighted by molar-refractivity contribution is 0.415. The molecular formula is C16H25NOSi. The Bertz CT molecular complexity index is 605. The molecule has 0 spiro atoms. The van der Waals surface area contributed by atoms with E-state index in [-0.39, 0.29) is 0 Å². The van der Waals surface area contributed by atoms with Crippen molar-refractivity contribution in [2.24, 2.45) is 0 Å². The maximum Gasteiger partial charge on any atom is 0.161 e. The molecule has 3 heteroatoms. The number of ether oxygens (including phenoxy) is 1. The van der Waals surface area contributed by atoms with E-state index in [1.807, 2.05) is 0 Å². The number of benzene rings is 1. The zero-order valence-corrected chi connectivity index (χ0v) is 14.2. The summed E-state index contributed by atoms with van der Waals surface area (Å²) in [5, 5.41) is 1.63. The molecule has 0 fully saturated rings. The molecule has 2 rings (SSSR count). The Hall–Kier alpha value is -1.22. The van der Waals surface area contributed by atoms with Crippen LogP contribution in [0, 0.1) is 6.92 Å². The highest BCUT2D eigenvalue weighted by molar-refractivity contribution is 6.79. The van der Waals surface area contributed by atoms with Gasteiger partial charge < -0.3 is 8.97 Å². The molecule has 2 nitrogen and oxygen atoms in total. The molecule has 0 saturated heterocycles. The second kappa shape index (κ2) is 4.41. The van der Waals surface area contributed by atoms with E-state index in [2.05, 4.69) is 69.4 Å². The van der Waals surface area contributed by atoms with Crippen LogP contribution < -0.4 is 4.74 Å². The van der Waals surface area contributed by atoms with Crippen LogP contribution in [-0.4, -0.2) is 19.6 Å². The van der Waals surface area contributed by atoms with Crippen molar-refractivity contribution in [3.63, 3.8) is 0 Å². The minimum Gasteiger partial charge on any atom is -0.497 e. The summed E-state index contributed by atoms with van der Waals surface area (Å²) in [5.41, 5.74) is 2.67. The van der Waals surface area contributed by atoms with Gasteiger partial charge in [-0.05, 0) is 41.9 Å². The molecule has 0 aliphatic heterocycles. The van der Waals surface area contributed by atoms with Crippen molar-refractivity contribution in [2.45, 2.75) is 45.8 Å². The molecule has 0 unspecified atom stereocenters. The molecule has 104 valence electrons. The van der Waals surface area contributed by atoms with E-state index in [0.717, 1.165) is 5.75 Å². The van der Waals surface area contributed by atoms with E-state index in [1.165, 1.54) is 16.5 Å². The fourth-order valence-corrected chi connectivity index (χ4v) is 4.36. The third kappa shape index (κ3) is 2.20. The van der Waals surface area contributed by atoms with Crippen molar-refractivity contribution in [1.29, 1.82) is 0 Å². The third-order valence-corrected chi connectivity index (χ3v) is 9.89. The van der Waals surface area contributed by atoms with Crippen molar-refractivity contribution in [3.05, 3.63) is 30.0 Å². The van der Waals surface area contributed by atoms with E-state index < -0.39 is 8.24 Å². The van der Waals surface area contributed by atoms with Crippen LogP contribution in [0.5, 0.6) is 5.75 Å². The Morgan fingerprint density at radius 1 is 1.16 bits per heavy atom. The average molecular weight is 275 g/mol. The normalized spacial score (nSPS) is 13.0. The zero-order valence-electron chi connectivity index (χ0n) is 13.2. The summed E-state index contributed by atoms with van der Waals surface area (Å²) in [6, 6.07) is 6.40. The van der Waals surface area contributed by atoms with Gasteiger partial charge in [0.25, 0.3) is 0 Å². The first-order chi connectivity index (χ1) is 8.68. The minimum absolute atomic E-state index is 0.325. The SMILES string of the molecule is COc1ccc2c(c1)c(C)cn2[Si](C)(C)C(C)(C)C. The summed E-state index contributed by atoms with van der Waals surface area (Å²) in [6.07, 6.45) is 2.32. The Kier molecular flexibility index (Phi) is 3.29. The summed E-state index contributed by atoms with van der Waals surface area (Å²) in [5.74, 6) is 0.934. The van der Waals surface area contributed by atoms with E-state index in [4.69, 9.17) is 4.74 Å². The molecule has 0 amide bonds. The Balaban J connectivity index is 2.70. The van der Waals surface area contributed by atoms with Crippen molar-refractivity contribution in [1.82, 2.24) is 4.23 Å². The molecule has 19 heavy (non-hydrogen) atoms. The van der Waals surface area contributed by atoms with Crippen LogP contribution in [0.25, 0.3) is 10.9 Å². The lowest BCUT2D eigenvalue weighted by Gasteiger charge is -2.38. The number of methoxy groups -OCH3 is 1. The van der Waals surface area contributed by atoms with Crippen LogP contribution in [0.1, 0.15) is 26.3 Å². The molecule has 0 radical (unpaired) electrons. The molecule has 0 atom stereocenters. The highest BCUT2D eigenvalue weighted by atomic mass is 28.3. The van der Waals surface area contributed by atoms with Gasteiger partial charge in [0.1, 0.15) is 5.75 Å². The summed E-state index contributed by atoms with van der Waals surface area (Å²) < 4.78 is 7.88. The van der Waals surface area contributed by atoms with Gasteiger partial charge in [-0.25, -0.2) is 0 Å². The van der Waals surface area contributed by atoms with Crippen LogP contribution in [-0.2, 0) is 0 Å². The van der Waals surface area contributed by atoms with Gasteiger partial charge in [0.05, 0.1) is 7.11 Å². The van der Waals surface area contributed by atoms with Crippen molar-refractivity contribution in [3.8, 4) is 5.75 Å². The fourth-order valence-electron chi connectivity index (χ4n) is 2.32. The predicted octanol–water partition coefficient (Wildman–Crippen LogP) is 4.81. The van der Waals surface area contributed by atoms with E-state index in [0.29, 0.717) is 5.04 Å². The lowest BCUT2D eigenvalue weighted by Crippen LogP contribution is -2.44. The maximum absolute atomic E-state index is 5.34. The molecule has 1 aromatic carbocycles. The van der Waals surface area contributed by atoms with Gasteiger partial charge in [-0.1, -0.05) is 33.9 Å². The smallest absolute Gasteiger partial charge is 0.161 e. The predicted molar refractivity (Wildman–Crippen MR) is 85.8 cm³/mol. The second-order valence-corrected chi connectivity index (χ2v) is 12.0. The summed E-state index contributed by atoms with van der Waals surface area (Å²) in [6.45, 7) is 14.1. The highest BCUT2D eigenvalue weighted by Gasteiger charge is 2.38. The number of aromatic nitrogens is 1. The number of rotatable bonds is 2. The molecular weight excluding hydrogens is 250 g/mol. The quantitative estimate of drug-likeness (QED) is 0.717. The molecule has 0 N–H and O–H groups in total. The Labute approximate surface area is 117 Å². The standard InChI is InChI=1S/C16H25NOSi/c1-12-11-17(19(6,7)16(2,3)4)15-9-8-13(18-5)10-14(12)15/h8-11H,1-7H3. The van der Waals surface area contributed by atoms with Crippen molar-refractivity contribution < 1.29 is 4.74 Å². The average Bonchev–Trinajstić information content (AvgIpc) is 2.65. The van der Waals surface area contributed by atoms with Crippen molar-refractivity contribution >= 4 is 19.1 Å². The van der Waals surface area contributed by atoms with E-state index >= 15 is 0 Å². The number of fused-ring (bicyclic) bond motifs is 1. The first-order valence-corrected chi connectivity index (χ1v) is 9.79. The van der Waals surface area contributed by atoms with Crippen LogP contribution in [0.15, 0.2) is 24.4 Å². The number of hydrogen-bond donors (Lipinski definition) is 0. The van der Waals surface area contributed by atoms with Gasteiger partial charge >= 0.3 is 0 Å². The van der Waals surface area contributed by atoms with Gasteiger partial charge in [-0.15, -0.1) is 0 Å². The first kappa shape index (κ1) is 14.2. The molecule has 0 aliphatic carbocycles. The second-order valence-electron chi connectivity index (χ2n) is 6.87. The van der Waals surface area contributed by atoms with Crippen LogP contribution >= 0.6 is 0 Å². The summed E-state index contributed by atoms with van der Waals surface area (Å²) >= 11 is 0. The molecule has 2 aromatic rings. The van der Waals surface area contributed by atoms with Gasteiger partial charge in [0, 0.05) is 10.9 Å². The third-order valence-electron chi connectivity index (χ3n) is 4.65. The molecule has 1 heterocycles. The number of hydrogen-bond acceptors (Lipinski definition) is 1. The van der Waals surface area contributed by atoms with E-state index in [1.54, 1.807) is 7.11 Å². The van der Waals surface area contributed by atoms with E-state index in [9.17, 15) is 0 Å². The minimum atomic E-state index is -1.58. The summed E-state index contributed by atoms with van der Waals surface area (Å²) in [7, 11) is 0.147. The number of aryl methyl sites for hydroxylation is 1. The topological polar surface area (TPSA) is 14.2 Å². The molecule has 0 aliphatic rings. The van der Waals surface area contributed by atoms with Crippen LogP contribution in [0.4, 0.5) is 0 Å². The number of nitrogens with zero attached hydrogens (tertiary/aromatic N) is 1. The Morgan fingerprint density at radius 3 is 2.32 bits per heavy atom. The van der Waals surface area contributed by atoms with Gasteiger partial charge in [-0.2, -0.15) is 0 Å². The van der Waals surface area contributed by atoms with Gasteiger partial charge in [0.15, 0.2) is 8.24 Å². The fraction of sp³-hybridized carbons (Fsp3) is 0.500.